The first-order valence-electron chi connectivity index (χ1n) is 4.62. The van der Waals surface area contributed by atoms with Gasteiger partial charge in [0.1, 0.15) is 0 Å². The number of ether oxygens (including phenoxy) is 1. The molecule has 1 N–H and O–H groups in total. The van der Waals surface area contributed by atoms with Gasteiger partial charge in [0.05, 0.1) is 6.04 Å². The highest BCUT2D eigenvalue weighted by atomic mass is 79.9. The molecule has 15 heavy (non-hydrogen) atoms. The van der Waals surface area contributed by atoms with Crippen LogP contribution in [0.1, 0.15) is 29.4 Å². The summed E-state index contributed by atoms with van der Waals surface area (Å²) in [5.74, 6) is -1.02. The van der Waals surface area contributed by atoms with E-state index in [4.69, 9.17) is 9.84 Å². The maximum absolute atomic E-state index is 11.0. The summed E-state index contributed by atoms with van der Waals surface area (Å²) in [4.78, 5) is 11.0. The van der Waals surface area contributed by atoms with Crippen LogP contribution in [0.2, 0.25) is 0 Å². The minimum atomic E-state index is -1.02. The van der Waals surface area contributed by atoms with Crippen molar-refractivity contribution in [3.8, 4) is 0 Å². The van der Waals surface area contributed by atoms with Gasteiger partial charge in [-0.3, -0.25) is 0 Å². The summed E-state index contributed by atoms with van der Waals surface area (Å²) in [5.41, 5.74) is 0.113. The van der Waals surface area contributed by atoms with E-state index < -0.39 is 5.97 Å². The Labute approximate surface area is 94.3 Å². The largest absolute Gasteiger partial charge is 0.476 e. The number of aromatic nitrogens is 3. The molecule has 1 fully saturated rings. The molecule has 1 aromatic heterocycles. The zero-order valence-corrected chi connectivity index (χ0v) is 9.48. The van der Waals surface area contributed by atoms with Crippen LogP contribution in [0.5, 0.6) is 0 Å². The van der Waals surface area contributed by atoms with Crippen molar-refractivity contribution in [3.05, 3.63) is 10.3 Å². The monoisotopic (exact) mass is 275 g/mol. The Kier molecular flexibility index (Phi) is 3.01. The van der Waals surface area contributed by atoms with E-state index in [1.807, 2.05) is 0 Å². The van der Waals surface area contributed by atoms with Gasteiger partial charge in [0.2, 0.25) is 0 Å². The predicted molar refractivity (Wildman–Crippen MR) is 53.8 cm³/mol. The molecular weight excluding hydrogens is 266 g/mol. The van der Waals surface area contributed by atoms with Gasteiger partial charge in [0.15, 0.2) is 10.3 Å². The highest BCUT2D eigenvalue weighted by Crippen LogP contribution is 2.24. The van der Waals surface area contributed by atoms with Gasteiger partial charge in [-0.1, -0.05) is 5.21 Å². The Morgan fingerprint density at radius 2 is 2.20 bits per heavy atom. The number of rotatable bonds is 2. The predicted octanol–water partition coefficient (Wildman–Crippen LogP) is 1.09. The fraction of sp³-hybridized carbons (Fsp3) is 0.625. The number of hydrogen-bond acceptors (Lipinski definition) is 4. The maximum atomic E-state index is 11.0. The van der Waals surface area contributed by atoms with Gasteiger partial charge >= 0.3 is 5.97 Å². The summed E-state index contributed by atoms with van der Waals surface area (Å²) >= 11 is 3.08. The number of hydrogen-bond donors (Lipinski definition) is 1. The summed E-state index contributed by atoms with van der Waals surface area (Å²) in [7, 11) is 0. The molecule has 0 amide bonds. The first-order valence-corrected chi connectivity index (χ1v) is 5.41. The average Bonchev–Trinajstić information content (AvgIpc) is 2.61. The van der Waals surface area contributed by atoms with Gasteiger partial charge in [0, 0.05) is 13.2 Å². The maximum Gasteiger partial charge on any atom is 0.357 e. The third-order valence-electron chi connectivity index (χ3n) is 2.39. The SMILES string of the molecule is O=C(O)c1c(Br)nnn1C1CCOCC1. The molecule has 2 rings (SSSR count). The van der Waals surface area contributed by atoms with Crippen molar-refractivity contribution in [1.82, 2.24) is 15.0 Å². The topological polar surface area (TPSA) is 77.2 Å². The van der Waals surface area contributed by atoms with E-state index in [2.05, 4.69) is 26.2 Å². The van der Waals surface area contributed by atoms with Crippen molar-refractivity contribution >= 4 is 21.9 Å². The number of aromatic carboxylic acids is 1. The molecular formula is C8H10BrN3O3. The summed E-state index contributed by atoms with van der Waals surface area (Å²) in [6, 6.07) is 0.0728. The Morgan fingerprint density at radius 1 is 1.53 bits per heavy atom. The molecule has 82 valence electrons. The van der Waals surface area contributed by atoms with Gasteiger partial charge < -0.3 is 9.84 Å². The van der Waals surface area contributed by atoms with Crippen LogP contribution in [0.25, 0.3) is 0 Å². The van der Waals surface area contributed by atoms with E-state index >= 15 is 0 Å². The lowest BCUT2D eigenvalue weighted by Crippen LogP contribution is -2.23. The Hall–Kier alpha value is -0.950. The Bertz CT molecular complexity index is 373. The van der Waals surface area contributed by atoms with Crippen molar-refractivity contribution in [2.45, 2.75) is 18.9 Å². The molecule has 0 atom stereocenters. The standard InChI is InChI=1S/C8H10BrN3O3/c9-7-6(8(13)14)12(11-10-7)5-1-3-15-4-2-5/h5H,1-4H2,(H,13,14). The summed E-state index contributed by atoms with van der Waals surface area (Å²) < 4.78 is 6.95. The molecule has 1 aliphatic rings. The first-order chi connectivity index (χ1) is 7.20. The second-order valence-electron chi connectivity index (χ2n) is 3.32. The summed E-state index contributed by atoms with van der Waals surface area (Å²) in [5, 5.41) is 16.6. The lowest BCUT2D eigenvalue weighted by molar-refractivity contribution is 0.0580. The van der Waals surface area contributed by atoms with Crippen LogP contribution in [-0.2, 0) is 4.74 Å². The number of carboxylic acids is 1. The average molecular weight is 276 g/mol. The lowest BCUT2D eigenvalue weighted by atomic mass is 10.1. The number of carbonyl (C=O) groups is 1. The molecule has 0 radical (unpaired) electrons. The van der Waals surface area contributed by atoms with E-state index in [0.717, 1.165) is 12.8 Å². The van der Waals surface area contributed by atoms with Crippen LogP contribution < -0.4 is 0 Å². The smallest absolute Gasteiger partial charge is 0.357 e. The van der Waals surface area contributed by atoms with Crippen LogP contribution in [0.4, 0.5) is 0 Å². The summed E-state index contributed by atoms with van der Waals surface area (Å²) in [6.07, 6.45) is 1.55. The zero-order chi connectivity index (χ0) is 10.8. The molecule has 2 heterocycles. The highest BCUT2D eigenvalue weighted by Gasteiger charge is 2.25. The van der Waals surface area contributed by atoms with E-state index in [9.17, 15) is 4.79 Å². The van der Waals surface area contributed by atoms with E-state index in [1.165, 1.54) is 4.68 Å². The molecule has 1 aromatic rings. The van der Waals surface area contributed by atoms with Crippen LogP contribution in [-0.4, -0.2) is 39.3 Å². The fourth-order valence-electron chi connectivity index (χ4n) is 1.65. The molecule has 0 spiro atoms. The van der Waals surface area contributed by atoms with Gasteiger partial charge in [-0.2, -0.15) is 0 Å². The van der Waals surface area contributed by atoms with Crippen molar-refractivity contribution in [3.63, 3.8) is 0 Å². The van der Waals surface area contributed by atoms with Crippen LogP contribution >= 0.6 is 15.9 Å². The first kappa shape index (κ1) is 10.6. The molecule has 1 saturated heterocycles. The van der Waals surface area contributed by atoms with Crippen LogP contribution in [0.3, 0.4) is 0 Å². The normalized spacial score (nSPS) is 17.9. The van der Waals surface area contributed by atoms with Crippen LogP contribution in [0.15, 0.2) is 4.60 Å². The van der Waals surface area contributed by atoms with Gasteiger partial charge in [-0.15, -0.1) is 5.10 Å². The summed E-state index contributed by atoms with van der Waals surface area (Å²) in [6.45, 7) is 1.28. The quantitative estimate of drug-likeness (QED) is 0.874. The van der Waals surface area contributed by atoms with Crippen LogP contribution in [0, 0.1) is 0 Å². The van der Waals surface area contributed by atoms with E-state index in [-0.39, 0.29) is 16.3 Å². The highest BCUT2D eigenvalue weighted by molar-refractivity contribution is 9.10. The van der Waals surface area contributed by atoms with E-state index in [1.54, 1.807) is 0 Å². The number of nitrogens with zero attached hydrogens (tertiary/aromatic N) is 3. The van der Waals surface area contributed by atoms with Gasteiger partial charge in [-0.05, 0) is 28.8 Å². The third-order valence-corrected chi connectivity index (χ3v) is 2.93. The minimum absolute atomic E-state index is 0.0728. The number of halogens is 1. The molecule has 6 nitrogen and oxygen atoms in total. The molecule has 0 aromatic carbocycles. The molecule has 0 saturated carbocycles. The van der Waals surface area contributed by atoms with Gasteiger partial charge in [-0.25, -0.2) is 9.48 Å². The molecule has 0 unspecified atom stereocenters. The van der Waals surface area contributed by atoms with Crippen molar-refractivity contribution in [2.24, 2.45) is 0 Å². The van der Waals surface area contributed by atoms with Crippen molar-refractivity contribution < 1.29 is 14.6 Å². The Morgan fingerprint density at radius 3 is 2.80 bits per heavy atom. The van der Waals surface area contributed by atoms with Crippen molar-refractivity contribution in [1.29, 1.82) is 0 Å². The van der Waals surface area contributed by atoms with E-state index in [0.29, 0.717) is 13.2 Å². The number of carboxylic acid groups (broad SMARTS) is 1. The zero-order valence-electron chi connectivity index (χ0n) is 7.89. The molecule has 0 aliphatic carbocycles. The van der Waals surface area contributed by atoms with Crippen molar-refractivity contribution in [2.75, 3.05) is 13.2 Å². The molecule has 7 heteroatoms. The minimum Gasteiger partial charge on any atom is -0.476 e. The molecule has 1 aliphatic heterocycles. The third kappa shape index (κ3) is 2.03. The second kappa shape index (κ2) is 4.28. The Balaban J connectivity index is 2.30. The molecule has 0 bridgehead atoms. The lowest BCUT2D eigenvalue weighted by Gasteiger charge is -2.22. The van der Waals surface area contributed by atoms with Gasteiger partial charge in [0.25, 0.3) is 0 Å². The fourth-order valence-corrected chi connectivity index (χ4v) is 2.07. The second-order valence-corrected chi connectivity index (χ2v) is 4.07.